The molecule has 2 aromatic heterocycles. The number of para-hydroxylation sites is 1. The van der Waals surface area contributed by atoms with Gasteiger partial charge in [-0.25, -0.2) is 9.67 Å². The van der Waals surface area contributed by atoms with Crippen molar-refractivity contribution in [2.45, 2.75) is 32.6 Å². The smallest absolute Gasteiger partial charge is 0.163 e. The number of aromatic nitrogens is 4. The summed E-state index contributed by atoms with van der Waals surface area (Å²) in [5, 5.41) is 4.48. The minimum absolute atomic E-state index is 0.376. The first-order valence-corrected chi connectivity index (χ1v) is 7.64. The summed E-state index contributed by atoms with van der Waals surface area (Å²) in [5.74, 6) is 1.66. The van der Waals surface area contributed by atoms with Gasteiger partial charge in [-0.2, -0.15) is 5.10 Å². The van der Waals surface area contributed by atoms with Gasteiger partial charge in [-0.15, -0.1) is 11.6 Å². The molecule has 0 atom stereocenters. The van der Waals surface area contributed by atoms with E-state index in [4.69, 9.17) is 11.6 Å². The quantitative estimate of drug-likeness (QED) is 0.687. The van der Waals surface area contributed by atoms with E-state index in [0.717, 1.165) is 28.4 Å². The highest BCUT2D eigenvalue weighted by Crippen LogP contribution is 2.29. The van der Waals surface area contributed by atoms with E-state index >= 15 is 0 Å². The number of rotatable bonds is 3. The second kappa shape index (κ2) is 5.19. The molecule has 0 unspecified atom stereocenters. The van der Waals surface area contributed by atoms with Crippen molar-refractivity contribution >= 4 is 22.8 Å². The number of hydrogen-bond acceptors (Lipinski definition) is 2. The fourth-order valence-corrected chi connectivity index (χ4v) is 3.02. The highest BCUT2D eigenvalue weighted by atomic mass is 35.5. The average molecular weight is 303 g/mol. The molecule has 0 saturated carbocycles. The van der Waals surface area contributed by atoms with E-state index in [0.29, 0.717) is 11.8 Å². The topological polar surface area (TPSA) is 35.6 Å². The number of alkyl halides is 1. The minimum atomic E-state index is 0.376. The lowest BCUT2D eigenvalue weighted by Gasteiger charge is -2.15. The Labute approximate surface area is 129 Å². The summed E-state index contributed by atoms with van der Waals surface area (Å²) in [5.41, 5.74) is 5.26. The van der Waals surface area contributed by atoms with Crippen LogP contribution in [0.2, 0.25) is 0 Å². The number of nitrogens with zero attached hydrogens (tertiary/aromatic N) is 4. The molecule has 3 rings (SSSR count). The first-order valence-electron chi connectivity index (χ1n) is 7.10. The lowest BCUT2D eigenvalue weighted by atomic mass is 10.0. The largest absolute Gasteiger partial charge is 0.280 e. The van der Waals surface area contributed by atoms with Crippen LogP contribution in [0.4, 0.5) is 0 Å². The van der Waals surface area contributed by atoms with Crippen LogP contribution in [0.5, 0.6) is 0 Å². The second-order valence-electron chi connectivity index (χ2n) is 5.59. The molecule has 0 aliphatic carbocycles. The zero-order chi connectivity index (χ0) is 15.1. The average Bonchev–Trinajstić information content (AvgIpc) is 2.97. The van der Waals surface area contributed by atoms with E-state index in [2.05, 4.69) is 46.7 Å². The van der Waals surface area contributed by atoms with Gasteiger partial charge in [-0.1, -0.05) is 32.0 Å². The fourth-order valence-electron chi connectivity index (χ4n) is 2.84. The first-order chi connectivity index (χ1) is 10.0. The van der Waals surface area contributed by atoms with E-state index < -0.39 is 0 Å². The van der Waals surface area contributed by atoms with E-state index in [-0.39, 0.29) is 0 Å². The van der Waals surface area contributed by atoms with E-state index in [1.54, 1.807) is 0 Å². The first kappa shape index (κ1) is 14.1. The molecule has 0 radical (unpaired) electrons. The van der Waals surface area contributed by atoms with Crippen molar-refractivity contribution in [1.29, 1.82) is 0 Å². The normalized spacial score (nSPS) is 11.7. The predicted molar refractivity (Wildman–Crippen MR) is 86.2 cm³/mol. The monoisotopic (exact) mass is 302 g/mol. The molecule has 0 N–H and O–H groups in total. The van der Waals surface area contributed by atoms with Gasteiger partial charge in [0, 0.05) is 7.05 Å². The summed E-state index contributed by atoms with van der Waals surface area (Å²) < 4.78 is 4.02. The number of aryl methyl sites for hydroxylation is 2. The maximum atomic E-state index is 6.13. The number of halogens is 1. The summed E-state index contributed by atoms with van der Waals surface area (Å²) in [6.07, 6.45) is 0. The third kappa shape index (κ3) is 2.14. The lowest BCUT2D eigenvalue weighted by molar-refractivity contribution is 0.750. The Kier molecular flexibility index (Phi) is 3.49. The van der Waals surface area contributed by atoms with Gasteiger partial charge in [0.1, 0.15) is 11.3 Å². The lowest BCUT2D eigenvalue weighted by Crippen LogP contribution is -2.07. The molecule has 1 aromatic carbocycles. The summed E-state index contributed by atoms with van der Waals surface area (Å²) in [7, 11) is 1.95. The van der Waals surface area contributed by atoms with Crippen LogP contribution in [0.15, 0.2) is 24.3 Å². The van der Waals surface area contributed by atoms with Crippen LogP contribution in [0.25, 0.3) is 16.9 Å². The van der Waals surface area contributed by atoms with Gasteiger partial charge in [0.15, 0.2) is 5.65 Å². The Morgan fingerprint density at radius 3 is 2.62 bits per heavy atom. The second-order valence-corrected chi connectivity index (χ2v) is 5.86. The summed E-state index contributed by atoms with van der Waals surface area (Å²) >= 11 is 6.13. The van der Waals surface area contributed by atoms with Crippen LogP contribution in [0, 0.1) is 6.92 Å². The molecule has 0 fully saturated rings. The Balaban J connectivity index is 2.39. The maximum absolute atomic E-state index is 6.13. The molecule has 21 heavy (non-hydrogen) atoms. The molecule has 3 aromatic rings. The molecule has 4 nitrogen and oxygen atoms in total. The van der Waals surface area contributed by atoms with Crippen molar-refractivity contribution in [2.24, 2.45) is 7.05 Å². The van der Waals surface area contributed by atoms with E-state index in [1.807, 2.05) is 24.7 Å². The molecule has 110 valence electrons. The molecule has 0 aliphatic rings. The third-order valence-corrected chi connectivity index (χ3v) is 4.03. The zero-order valence-corrected chi connectivity index (χ0v) is 13.5. The van der Waals surface area contributed by atoms with Crippen LogP contribution in [-0.4, -0.2) is 19.3 Å². The molecule has 2 heterocycles. The molecule has 0 bridgehead atoms. The number of imidazole rings is 1. The summed E-state index contributed by atoms with van der Waals surface area (Å²) in [4.78, 5) is 4.68. The summed E-state index contributed by atoms with van der Waals surface area (Å²) in [6.45, 7) is 6.37. The van der Waals surface area contributed by atoms with Crippen LogP contribution in [-0.2, 0) is 12.9 Å². The van der Waals surface area contributed by atoms with Crippen LogP contribution < -0.4 is 0 Å². The molecule has 0 spiro atoms. The van der Waals surface area contributed by atoms with Crippen molar-refractivity contribution in [3.8, 4) is 5.69 Å². The molecular weight excluding hydrogens is 284 g/mol. The SMILES string of the molecule is Cc1nn(C)c2c1nc(CCl)n2-c1ccccc1C(C)C. The Morgan fingerprint density at radius 2 is 1.95 bits per heavy atom. The molecule has 0 saturated heterocycles. The van der Waals surface area contributed by atoms with Crippen molar-refractivity contribution in [3.63, 3.8) is 0 Å². The zero-order valence-electron chi connectivity index (χ0n) is 12.8. The van der Waals surface area contributed by atoms with Gasteiger partial charge in [-0.3, -0.25) is 4.57 Å². The number of fused-ring (bicyclic) bond motifs is 1. The van der Waals surface area contributed by atoms with Crippen LogP contribution in [0.1, 0.15) is 36.8 Å². The molecule has 0 amide bonds. The van der Waals surface area contributed by atoms with Gasteiger partial charge >= 0.3 is 0 Å². The molecular formula is C16H19ClN4. The van der Waals surface area contributed by atoms with Crippen molar-refractivity contribution in [1.82, 2.24) is 19.3 Å². The predicted octanol–water partition coefficient (Wildman–Crippen LogP) is 3.93. The van der Waals surface area contributed by atoms with Gasteiger partial charge in [-0.05, 0) is 24.5 Å². The third-order valence-electron chi connectivity index (χ3n) is 3.79. The highest BCUT2D eigenvalue weighted by Gasteiger charge is 2.20. The van der Waals surface area contributed by atoms with Gasteiger partial charge in [0.2, 0.25) is 0 Å². The van der Waals surface area contributed by atoms with Crippen LogP contribution in [0.3, 0.4) is 0 Å². The standard InChI is InChI=1S/C16H19ClN4/c1-10(2)12-7-5-6-8-13(12)21-14(9-17)18-15-11(3)19-20(4)16(15)21/h5-8,10H,9H2,1-4H3. The van der Waals surface area contributed by atoms with Gasteiger partial charge in [0.05, 0.1) is 17.3 Å². The van der Waals surface area contributed by atoms with Crippen molar-refractivity contribution < 1.29 is 0 Å². The Bertz CT molecular complexity index is 798. The minimum Gasteiger partial charge on any atom is -0.280 e. The van der Waals surface area contributed by atoms with E-state index in [1.165, 1.54) is 5.56 Å². The molecule has 5 heteroatoms. The highest BCUT2D eigenvalue weighted by molar-refractivity contribution is 6.17. The van der Waals surface area contributed by atoms with Crippen LogP contribution >= 0.6 is 11.6 Å². The van der Waals surface area contributed by atoms with Crippen molar-refractivity contribution in [2.75, 3.05) is 0 Å². The Hall–Kier alpha value is -1.81. The maximum Gasteiger partial charge on any atom is 0.163 e. The number of hydrogen-bond donors (Lipinski definition) is 0. The van der Waals surface area contributed by atoms with Gasteiger partial charge < -0.3 is 0 Å². The summed E-state index contributed by atoms with van der Waals surface area (Å²) in [6, 6.07) is 8.40. The Morgan fingerprint density at radius 1 is 1.24 bits per heavy atom. The molecule has 0 aliphatic heterocycles. The van der Waals surface area contributed by atoms with Gasteiger partial charge in [0.25, 0.3) is 0 Å². The number of benzene rings is 1. The van der Waals surface area contributed by atoms with Crippen molar-refractivity contribution in [3.05, 3.63) is 41.3 Å². The fraction of sp³-hybridized carbons (Fsp3) is 0.375. The van der Waals surface area contributed by atoms with E-state index in [9.17, 15) is 0 Å².